The van der Waals surface area contributed by atoms with Crippen LogP contribution < -0.4 is 4.57 Å². The summed E-state index contributed by atoms with van der Waals surface area (Å²) in [4.78, 5) is 1.12. The predicted molar refractivity (Wildman–Crippen MR) is 60.2 cm³/mol. The van der Waals surface area contributed by atoms with Crippen LogP contribution in [0.25, 0.3) is 10.9 Å². The zero-order chi connectivity index (χ0) is 11.0. The molecule has 0 saturated carbocycles. The summed E-state index contributed by atoms with van der Waals surface area (Å²) >= 11 is 1.64. The van der Waals surface area contributed by atoms with Gasteiger partial charge in [-0.05, 0) is 24.5 Å². The van der Waals surface area contributed by atoms with Crippen LogP contribution in [0.5, 0.6) is 11.5 Å². The van der Waals surface area contributed by atoms with Crippen LogP contribution in [0, 0.1) is 0 Å². The maximum Gasteiger partial charge on any atom is 0.258 e. The fourth-order valence-corrected chi connectivity index (χ4v) is 2.14. The largest absolute Gasteiger partial charge is 0.504 e. The summed E-state index contributed by atoms with van der Waals surface area (Å²) in [7, 11) is 1.85. The quantitative estimate of drug-likeness (QED) is 0.439. The summed E-state index contributed by atoms with van der Waals surface area (Å²) in [5, 5.41) is 20.0. The number of hydrogen-bond donors (Lipinski definition) is 2. The first kappa shape index (κ1) is 10.1. The monoisotopic (exact) mass is 222 g/mol. The Kier molecular flexibility index (Phi) is 2.44. The minimum absolute atomic E-state index is 0.0670. The van der Waals surface area contributed by atoms with Crippen LogP contribution in [0.2, 0.25) is 0 Å². The Balaban J connectivity index is 2.85. The number of aryl methyl sites for hydroxylation is 1. The van der Waals surface area contributed by atoms with Gasteiger partial charge in [-0.2, -0.15) is 4.57 Å². The van der Waals surface area contributed by atoms with Crippen LogP contribution in [0.4, 0.5) is 0 Å². The van der Waals surface area contributed by atoms with Gasteiger partial charge in [-0.25, -0.2) is 0 Å². The van der Waals surface area contributed by atoms with Crippen LogP contribution in [0.3, 0.4) is 0 Å². The van der Waals surface area contributed by atoms with E-state index in [2.05, 4.69) is 0 Å². The van der Waals surface area contributed by atoms with Gasteiger partial charge in [0.25, 0.3) is 5.52 Å². The number of thioether (sulfide) groups is 1. The Morgan fingerprint density at radius 1 is 1.27 bits per heavy atom. The molecule has 0 atom stereocenters. The van der Waals surface area contributed by atoms with E-state index in [1.165, 1.54) is 6.07 Å². The Labute approximate surface area is 92.0 Å². The van der Waals surface area contributed by atoms with Crippen molar-refractivity contribution in [2.45, 2.75) is 4.90 Å². The SMILES string of the molecule is CSc1cc2ccc(O)c(O)c2[n+](C)c1. The highest BCUT2D eigenvalue weighted by Gasteiger charge is 2.15. The summed E-state index contributed by atoms with van der Waals surface area (Å²) in [6.45, 7) is 0. The van der Waals surface area contributed by atoms with Gasteiger partial charge in [-0.15, -0.1) is 11.8 Å². The van der Waals surface area contributed by atoms with E-state index in [9.17, 15) is 10.2 Å². The number of phenols is 2. The summed E-state index contributed by atoms with van der Waals surface area (Å²) in [5.74, 6) is -0.155. The molecular formula is C11H12NO2S+. The zero-order valence-electron chi connectivity index (χ0n) is 8.56. The van der Waals surface area contributed by atoms with Crippen molar-refractivity contribution >= 4 is 22.7 Å². The van der Waals surface area contributed by atoms with Gasteiger partial charge in [-0.3, -0.25) is 0 Å². The molecule has 0 saturated heterocycles. The molecule has 15 heavy (non-hydrogen) atoms. The van der Waals surface area contributed by atoms with Crippen molar-refractivity contribution in [2.75, 3.05) is 6.26 Å². The van der Waals surface area contributed by atoms with Gasteiger partial charge in [-0.1, -0.05) is 0 Å². The van der Waals surface area contributed by atoms with E-state index in [1.54, 1.807) is 17.8 Å². The average Bonchev–Trinajstić information content (AvgIpc) is 2.23. The topological polar surface area (TPSA) is 44.3 Å². The van der Waals surface area contributed by atoms with E-state index in [0.717, 1.165) is 10.3 Å². The highest BCUT2D eigenvalue weighted by atomic mass is 32.2. The first-order valence-electron chi connectivity index (χ1n) is 4.52. The van der Waals surface area contributed by atoms with Crippen LogP contribution >= 0.6 is 11.8 Å². The van der Waals surface area contributed by atoms with Crippen molar-refractivity contribution < 1.29 is 14.8 Å². The van der Waals surface area contributed by atoms with Crippen molar-refractivity contribution in [2.24, 2.45) is 7.05 Å². The maximum atomic E-state index is 9.73. The summed E-state index contributed by atoms with van der Waals surface area (Å²) in [6.07, 6.45) is 3.92. The lowest BCUT2D eigenvalue weighted by molar-refractivity contribution is -0.647. The lowest BCUT2D eigenvalue weighted by Crippen LogP contribution is -2.28. The third-order valence-corrected chi connectivity index (χ3v) is 3.06. The Hall–Kier alpha value is -1.42. The molecule has 0 amide bonds. The molecule has 4 heteroatoms. The maximum absolute atomic E-state index is 9.73. The molecule has 0 unspecified atom stereocenters. The van der Waals surface area contributed by atoms with Crippen LogP contribution in [0.1, 0.15) is 0 Å². The molecule has 0 bridgehead atoms. The number of phenolic OH excluding ortho intramolecular Hbond substituents is 2. The Morgan fingerprint density at radius 2 is 2.00 bits per heavy atom. The molecule has 2 aromatic rings. The molecule has 2 rings (SSSR count). The highest BCUT2D eigenvalue weighted by Crippen LogP contribution is 2.32. The normalized spacial score (nSPS) is 10.8. The van der Waals surface area contributed by atoms with Crippen LogP contribution in [-0.2, 0) is 7.05 Å². The van der Waals surface area contributed by atoms with Crippen molar-refractivity contribution in [3.8, 4) is 11.5 Å². The summed E-state index contributed by atoms with van der Waals surface area (Å²) in [5.41, 5.74) is 0.646. The molecule has 1 heterocycles. The molecule has 0 fully saturated rings. The molecule has 1 aromatic carbocycles. The second-order valence-corrected chi connectivity index (χ2v) is 4.24. The fourth-order valence-electron chi connectivity index (χ4n) is 1.63. The van der Waals surface area contributed by atoms with Gasteiger partial charge >= 0.3 is 0 Å². The molecule has 1 aromatic heterocycles. The van der Waals surface area contributed by atoms with Gasteiger partial charge < -0.3 is 10.2 Å². The highest BCUT2D eigenvalue weighted by molar-refractivity contribution is 7.98. The van der Waals surface area contributed by atoms with Gasteiger partial charge in [0.2, 0.25) is 5.75 Å². The van der Waals surface area contributed by atoms with Gasteiger partial charge in [0.15, 0.2) is 11.9 Å². The second kappa shape index (κ2) is 3.62. The lowest BCUT2D eigenvalue weighted by Gasteiger charge is -2.03. The standard InChI is InChI=1S/C11H11NO2S/c1-12-6-8(15-2)5-7-3-4-9(13)11(14)10(7)12/h3-6,14H,1-2H3/p+1. The Morgan fingerprint density at radius 3 is 2.67 bits per heavy atom. The third-order valence-electron chi connectivity index (χ3n) is 2.37. The molecule has 3 nitrogen and oxygen atoms in total. The minimum Gasteiger partial charge on any atom is -0.504 e. The number of pyridine rings is 1. The summed E-state index contributed by atoms with van der Waals surface area (Å²) < 4.78 is 1.82. The van der Waals surface area contributed by atoms with Crippen LogP contribution in [0.15, 0.2) is 29.3 Å². The van der Waals surface area contributed by atoms with E-state index in [4.69, 9.17) is 0 Å². The number of hydrogen-bond acceptors (Lipinski definition) is 3. The van der Waals surface area contributed by atoms with E-state index >= 15 is 0 Å². The van der Waals surface area contributed by atoms with Crippen molar-refractivity contribution in [1.82, 2.24) is 0 Å². The number of aromatic hydroxyl groups is 2. The van der Waals surface area contributed by atoms with E-state index in [1.807, 2.05) is 30.1 Å². The van der Waals surface area contributed by atoms with Gasteiger partial charge in [0.1, 0.15) is 7.05 Å². The second-order valence-electron chi connectivity index (χ2n) is 3.36. The fraction of sp³-hybridized carbons (Fsp3) is 0.182. The zero-order valence-corrected chi connectivity index (χ0v) is 9.38. The van der Waals surface area contributed by atoms with E-state index in [0.29, 0.717) is 5.52 Å². The van der Waals surface area contributed by atoms with E-state index < -0.39 is 0 Å². The molecule has 0 aliphatic heterocycles. The molecule has 2 N–H and O–H groups in total. The summed E-state index contributed by atoms with van der Waals surface area (Å²) in [6, 6.07) is 5.28. The van der Waals surface area contributed by atoms with E-state index in [-0.39, 0.29) is 11.5 Å². The van der Waals surface area contributed by atoms with Crippen molar-refractivity contribution in [1.29, 1.82) is 0 Å². The lowest BCUT2D eigenvalue weighted by atomic mass is 10.2. The minimum atomic E-state index is -0.0880. The molecule has 78 valence electrons. The average molecular weight is 222 g/mol. The number of nitrogens with zero attached hydrogens (tertiary/aromatic N) is 1. The van der Waals surface area contributed by atoms with Crippen molar-refractivity contribution in [3.63, 3.8) is 0 Å². The predicted octanol–water partition coefficient (Wildman–Crippen LogP) is 1.80. The van der Waals surface area contributed by atoms with Crippen molar-refractivity contribution in [3.05, 3.63) is 24.4 Å². The molecule has 0 radical (unpaired) electrons. The smallest absolute Gasteiger partial charge is 0.258 e. The Bertz CT molecular complexity index is 525. The van der Waals surface area contributed by atoms with Gasteiger partial charge in [0, 0.05) is 0 Å². The molecule has 0 aliphatic carbocycles. The number of rotatable bonds is 1. The number of benzene rings is 1. The van der Waals surface area contributed by atoms with Crippen LogP contribution in [-0.4, -0.2) is 16.5 Å². The molecule has 0 aliphatic rings. The first-order chi connectivity index (χ1) is 7.13. The molecule has 0 spiro atoms. The van der Waals surface area contributed by atoms with Gasteiger partial charge in [0.05, 0.1) is 10.3 Å². The number of fused-ring (bicyclic) bond motifs is 1. The third kappa shape index (κ3) is 1.61. The first-order valence-corrected chi connectivity index (χ1v) is 5.74. The number of aromatic nitrogens is 1. The molecular weight excluding hydrogens is 210 g/mol.